The van der Waals surface area contributed by atoms with Gasteiger partial charge in [-0.15, -0.1) is 0 Å². The van der Waals surface area contributed by atoms with Gasteiger partial charge in [0.05, 0.1) is 27.4 Å². The van der Waals surface area contributed by atoms with Crippen LogP contribution in [-0.4, -0.2) is 151 Å². The number of hydrogen-bond acceptors (Lipinski definition) is 20. The van der Waals surface area contributed by atoms with E-state index in [1.807, 2.05) is 0 Å². The van der Waals surface area contributed by atoms with Crippen molar-refractivity contribution in [3.63, 3.8) is 0 Å². The van der Waals surface area contributed by atoms with Crippen molar-refractivity contribution in [1.82, 2.24) is 10.6 Å². The molecular formula is C37H49N2Na3O22S2+2. The molecule has 2 fully saturated rings. The number of aliphatic hydroxyl groups excluding tert-OH is 2. The largest absolute Gasteiger partial charge is 1.00 e. The minimum absolute atomic E-state index is 0. The molecule has 6 N–H and O–H groups in total. The van der Waals surface area contributed by atoms with Crippen LogP contribution in [0.2, 0.25) is 0 Å². The zero-order valence-corrected chi connectivity index (χ0v) is 45.4. The Kier molecular flexibility index (Phi) is 33.5. The molecule has 2 heterocycles. The number of carbonyl (C=O) groups excluding carboxylic acids is 2. The maximum Gasteiger partial charge on any atom is 1.00 e. The molecule has 66 heavy (non-hydrogen) atoms. The quantitative estimate of drug-likeness (QED) is 0.0282. The third kappa shape index (κ3) is 23.0. The van der Waals surface area contributed by atoms with Crippen molar-refractivity contribution in [2.24, 2.45) is 0 Å². The number of carbonyl (C=O) groups is 2. The van der Waals surface area contributed by atoms with Gasteiger partial charge in [-0.05, 0) is 61.4 Å². The molecule has 2 aliphatic rings. The molecule has 4 rings (SSSR count). The van der Waals surface area contributed by atoms with Crippen molar-refractivity contribution in [1.29, 1.82) is 0 Å². The van der Waals surface area contributed by atoms with Crippen LogP contribution in [0.1, 0.15) is 20.8 Å². The van der Waals surface area contributed by atoms with Crippen molar-refractivity contribution in [2.45, 2.75) is 82.1 Å². The molecule has 0 bridgehead atoms. The van der Waals surface area contributed by atoms with Gasteiger partial charge in [0.2, 0.25) is 24.4 Å². The maximum atomic E-state index is 11.9. The summed E-state index contributed by atoms with van der Waals surface area (Å²) in [5.41, 5.74) is 0. The van der Waals surface area contributed by atoms with E-state index in [2.05, 4.69) is 38.7 Å². The molecule has 2 aromatic rings. The first-order valence-electron chi connectivity index (χ1n) is 18.0. The SMILES string of the molecule is CC#CC#COO[C@@H]1C(NC(C)=O)[C@H](Oc2ccc(OC)cc2)OC(COC)[C@@H]1OS(=O)(=O)O.COc1ccc(O[C@@H]2OC(CO)[C@H](OS(=O)(=O)O)[C@H](O)C2NC(C)=O)cc1.C[O-].[Na+].[Na+].[Na+]. The summed E-state index contributed by atoms with van der Waals surface area (Å²) in [6, 6.07) is 10.4. The molecule has 352 valence electrons. The summed E-state index contributed by atoms with van der Waals surface area (Å²) in [6.45, 7) is 3.02. The Hall–Kier alpha value is -2.04. The van der Waals surface area contributed by atoms with Crippen molar-refractivity contribution in [3.05, 3.63) is 48.5 Å². The van der Waals surface area contributed by atoms with E-state index >= 15 is 0 Å². The Morgan fingerprint density at radius 3 is 1.53 bits per heavy atom. The molecule has 2 aliphatic heterocycles. The zero-order chi connectivity index (χ0) is 47.3. The van der Waals surface area contributed by atoms with Crippen LogP contribution in [0, 0.1) is 23.9 Å². The monoisotopic (exact) mass is 1010 g/mol. The van der Waals surface area contributed by atoms with Crippen LogP contribution in [0.4, 0.5) is 0 Å². The van der Waals surface area contributed by atoms with Crippen molar-refractivity contribution >= 4 is 32.6 Å². The average Bonchev–Trinajstić information content (AvgIpc) is 3.22. The van der Waals surface area contributed by atoms with Gasteiger partial charge in [-0.2, -0.15) is 28.8 Å². The number of benzene rings is 2. The second kappa shape index (κ2) is 33.5. The van der Waals surface area contributed by atoms with Crippen molar-refractivity contribution < 1.29 is 191 Å². The zero-order valence-electron chi connectivity index (χ0n) is 37.8. The molecule has 0 saturated carbocycles. The Labute approximate surface area is 449 Å². The van der Waals surface area contributed by atoms with E-state index in [4.69, 9.17) is 56.8 Å². The van der Waals surface area contributed by atoms with E-state index in [0.29, 0.717) is 23.0 Å². The molecule has 29 heteroatoms. The number of rotatable bonds is 17. The number of methoxy groups -OCH3 is 3. The van der Waals surface area contributed by atoms with Crippen LogP contribution in [0.5, 0.6) is 23.0 Å². The fourth-order valence-corrected chi connectivity index (χ4v) is 6.67. The van der Waals surface area contributed by atoms with Crippen molar-refractivity contribution in [3.8, 4) is 46.9 Å². The topological polar surface area (TPSA) is 332 Å². The van der Waals surface area contributed by atoms with Crippen LogP contribution in [-0.2, 0) is 62.7 Å². The average molecular weight is 1010 g/mol. The summed E-state index contributed by atoms with van der Waals surface area (Å²) in [4.78, 5) is 33.6. The van der Waals surface area contributed by atoms with Crippen LogP contribution in [0.3, 0.4) is 0 Å². The Morgan fingerprint density at radius 1 is 0.697 bits per heavy atom. The van der Waals surface area contributed by atoms with E-state index in [9.17, 15) is 41.2 Å². The predicted molar refractivity (Wildman–Crippen MR) is 211 cm³/mol. The summed E-state index contributed by atoms with van der Waals surface area (Å²) in [7, 11) is -4.84. The minimum Gasteiger partial charge on any atom is -0.857 e. The number of ether oxygens (including phenoxy) is 7. The third-order valence-electron chi connectivity index (χ3n) is 8.10. The van der Waals surface area contributed by atoms with Crippen LogP contribution >= 0.6 is 0 Å². The van der Waals surface area contributed by atoms with Gasteiger partial charge in [-0.3, -0.25) is 23.6 Å². The Bertz CT molecular complexity index is 2090. The number of aliphatic hydroxyl groups is 2. The van der Waals surface area contributed by atoms with Gasteiger partial charge in [0.15, 0.2) is 12.2 Å². The smallest absolute Gasteiger partial charge is 0.857 e. The number of amides is 2. The minimum atomic E-state index is -4.98. The standard InChI is InChI=1S/C21H25NO11S.C15H21NO10S.CH3O.3Na/c1-5-6-7-12-29-32-20-18(22-14(2)23)21(30-16-10-8-15(28-4)9-11-16)31-17(13-27-3)19(20)33-34(24,25)26;1-8(18)16-12-13(19)14(26-27(20,21)22)11(7-17)25-15(12)24-10-5-3-9(23-2)4-6-10;1-2;;;/h8-11,17-21H,13H2,1-4H3,(H,22,23)(H,24,25,26);3-6,11-15,17,19H,7H2,1-2H3,(H,16,18)(H,20,21,22);1H3;;;/q;;-1;3*+1/t17?,18?,19-,20+,21+;11?,12?,13-,14+,15-;;;;/m01..../s1. The maximum absolute atomic E-state index is 11.9. The van der Waals surface area contributed by atoms with Crippen LogP contribution in [0.15, 0.2) is 48.5 Å². The molecular weight excluding hydrogens is 958 g/mol. The summed E-state index contributed by atoms with van der Waals surface area (Å²) < 4.78 is 111. The summed E-state index contributed by atoms with van der Waals surface area (Å²) in [5, 5.41) is 33.1. The second-order valence-corrected chi connectivity index (χ2v) is 14.6. The summed E-state index contributed by atoms with van der Waals surface area (Å²) >= 11 is 0. The van der Waals surface area contributed by atoms with Crippen LogP contribution in [0.25, 0.3) is 0 Å². The molecule has 0 radical (unpaired) electrons. The van der Waals surface area contributed by atoms with Crippen molar-refractivity contribution in [2.75, 3.05) is 41.7 Å². The summed E-state index contributed by atoms with van der Waals surface area (Å²) in [6.07, 6.45) is -9.11. The summed E-state index contributed by atoms with van der Waals surface area (Å²) in [5.74, 6) is 8.00. The molecule has 0 spiro atoms. The third-order valence-corrected chi connectivity index (χ3v) is 9.03. The molecule has 10 atom stereocenters. The van der Waals surface area contributed by atoms with Gasteiger partial charge in [0.25, 0.3) is 0 Å². The first kappa shape index (κ1) is 66.0. The van der Waals surface area contributed by atoms with Gasteiger partial charge in [-0.1, -0.05) is 5.92 Å². The van der Waals surface area contributed by atoms with Gasteiger partial charge < -0.3 is 59.1 Å². The van der Waals surface area contributed by atoms with E-state index in [-0.39, 0.29) is 95.3 Å². The normalized spacial score (nSPS) is 24.1. The van der Waals surface area contributed by atoms with E-state index in [0.717, 1.165) is 7.11 Å². The fourth-order valence-electron chi connectivity index (χ4n) is 5.64. The van der Waals surface area contributed by atoms with Gasteiger partial charge in [-0.25, -0.2) is 8.37 Å². The van der Waals surface area contributed by atoms with Gasteiger partial charge in [0, 0.05) is 26.9 Å². The van der Waals surface area contributed by atoms with Gasteiger partial charge in [0.1, 0.15) is 65.6 Å². The molecule has 0 aliphatic carbocycles. The number of nitrogens with one attached hydrogen (secondary N) is 2. The van der Waals surface area contributed by atoms with E-state index in [1.165, 1.54) is 35.2 Å². The van der Waals surface area contributed by atoms with E-state index < -0.39 is 101 Å². The van der Waals surface area contributed by atoms with E-state index in [1.54, 1.807) is 55.5 Å². The molecule has 2 saturated heterocycles. The van der Waals surface area contributed by atoms with Gasteiger partial charge >= 0.3 is 109 Å². The molecule has 0 aromatic heterocycles. The first-order valence-corrected chi connectivity index (χ1v) is 20.8. The second-order valence-electron chi connectivity index (χ2n) is 12.5. The molecule has 2 aromatic carbocycles. The predicted octanol–water partition coefficient (Wildman–Crippen LogP) is -10.7. The molecule has 4 unspecified atom stereocenters. The van der Waals surface area contributed by atoms with Crippen LogP contribution < -0.4 is 123 Å². The number of hydrogen-bond donors (Lipinski definition) is 6. The fraction of sp³-hybridized carbons (Fsp3) is 0.514. The Balaban J connectivity index is 0. The Morgan fingerprint density at radius 2 is 1.12 bits per heavy atom. The molecule has 2 amide bonds. The first-order chi connectivity index (χ1) is 29.8. The molecule has 24 nitrogen and oxygen atoms in total.